The number of halogens is 2. The van der Waals surface area contributed by atoms with Crippen LogP contribution >= 0.6 is 24.8 Å². The topological polar surface area (TPSA) is 45.2 Å². The minimum atomic E-state index is 0. The molecular weight excluding hydrogens is 297 g/mol. The summed E-state index contributed by atoms with van der Waals surface area (Å²) in [5.41, 5.74) is 1.42. The smallest absolute Gasteiger partial charge is 0.255 e. The monoisotopic (exact) mass is 315 g/mol. The Bertz CT molecular complexity index is 558. The fraction of sp³-hybridized carbons (Fsp3) is 0.286. The molecule has 0 aliphatic heterocycles. The summed E-state index contributed by atoms with van der Waals surface area (Å²) in [6.45, 7) is 1.46. The van der Waals surface area contributed by atoms with Crippen molar-refractivity contribution in [3.8, 4) is 0 Å². The van der Waals surface area contributed by atoms with Gasteiger partial charge >= 0.3 is 0 Å². The molecule has 0 aliphatic rings. The lowest BCUT2D eigenvalue weighted by atomic mass is 10.1. The maximum atomic E-state index is 12.3. The minimum absolute atomic E-state index is 0. The quantitative estimate of drug-likeness (QED) is 0.942. The van der Waals surface area contributed by atoms with Crippen LogP contribution in [0.3, 0.4) is 0 Å². The van der Waals surface area contributed by atoms with E-state index in [4.69, 9.17) is 0 Å². The van der Waals surface area contributed by atoms with Crippen LogP contribution in [0.2, 0.25) is 0 Å². The Morgan fingerprint density at radius 2 is 1.95 bits per heavy atom. The van der Waals surface area contributed by atoms with Crippen LogP contribution in [0, 0.1) is 0 Å². The van der Waals surface area contributed by atoms with Crippen LogP contribution in [0.25, 0.3) is 10.9 Å². The van der Waals surface area contributed by atoms with Crippen LogP contribution < -0.4 is 5.32 Å². The number of para-hydroxylation sites is 1. The zero-order chi connectivity index (χ0) is 13.0. The normalized spacial score (nSPS) is 9.50. The third-order valence-electron chi connectivity index (χ3n) is 2.91. The van der Waals surface area contributed by atoms with E-state index in [0.717, 1.165) is 17.4 Å². The van der Waals surface area contributed by atoms with Gasteiger partial charge in [0.05, 0.1) is 11.1 Å². The van der Waals surface area contributed by atoms with Crippen molar-refractivity contribution in [1.29, 1.82) is 0 Å². The summed E-state index contributed by atoms with van der Waals surface area (Å²) in [7, 11) is 3.68. The Labute approximate surface area is 131 Å². The molecule has 6 heteroatoms. The zero-order valence-electron chi connectivity index (χ0n) is 11.5. The van der Waals surface area contributed by atoms with Crippen LogP contribution in [0.1, 0.15) is 10.4 Å². The Morgan fingerprint density at radius 3 is 2.65 bits per heavy atom. The van der Waals surface area contributed by atoms with Gasteiger partial charge in [-0.2, -0.15) is 0 Å². The zero-order valence-corrected chi connectivity index (χ0v) is 13.1. The van der Waals surface area contributed by atoms with E-state index in [1.165, 1.54) is 0 Å². The number of aromatic nitrogens is 1. The molecule has 0 saturated carbocycles. The first-order valence-electron chi connectivity index (χ1n) is 5.98. The van der Waals surface area contributed by atoms with Crippen molar-refractivity contribution in [2.75, 3.05) is 27.2 Å². The second kappa shape index (κ2) is 8.74. The Morgan fingerprint density at radius 1 is 1.25 bits per heavy atom. The van der Waals surface area contributed by atoms with Crippen molar-refractivity contribution in [3.63, 3.8) is 0 Å². The molecule has 1 heterocycles. The van der Waals surface area contributed by atoms with E-state index in [1.807, 2.05) is 37.4 Å². The van der Waals surface area contributed by atoms with E-state index in [1.54, 1.807) is 18.1 Å². The first-order valence-corrected chi connectivity index (χ1v) is 5.98. The number of hydrogen-bond acceptors (Lipinski definition) is 3. The summed E-state index contributed by atoms with van der Waals surface area (Å²) in [4.78, 5) is 18.3. The molecule has 0 aliphatic carbocycles. The summed E-state index contributed by atoms with van der Waals surface area (Å²) in [6.07, 6.45) is 1.71. The van der Waals surface area contributed by atoms with E-state index >= 15 is 0 Å². The molecule has 1 aromatic carbocycles. The standard InChI is InChI=1S/C14H17N3O.2ClH/c1-15-9-10-17(2)14(18)12-7-3-5-11-6-4-8-16-13(11)12;;/h3-8,15H,9-10H2,1-2H3;2*1H. The number of benzene rings is 1. The van der Waals surface area contributed by atoms with Gasteiger partial charge in [0.15, 0.2) is 0 Å². The molecule has 0 spiro atoms. The highest BCUT2D eigenvalue weighted by molar-refractivity contribution is 6.05. The van der Waals surface area contributed by atoms with Crippen LogP contribution in [0.5, 0.6) is 0 Å². The number of nitrogens with one attached hydrogen (secondary N) is 1. The molecule has 110 valence electrons. The van der Waals surface area contributed by atoms with Gasteiger partial charge in [0.2, 0.25) is 0 Å². The number of amides is 1. The van der Waals surface area contributed by atoms with E-state index in [2.05, 4.69) is 10.3 Å². The van der Waals surface area contributed by atoms with Gasteiger partial charge in [0.1, 0.15) is 0 Å². The number of nitrogens with zero attached hydrogens (tertiary/aromatic N) is 2. The van der Waals surface area contributed by atoms with Crippen molar-refractivity contribution >= 4 is 41.6 Å². The summed E-state index contributed by atoms with van der Waals surface area (Å²) < 4.78 is 0. The van der Waals surface area contributed by atoms with Gasteiger partial charge in [-0.25, -0.2) is 0 Å². The maximum absolute atomic E-state index is 12.3. The van der Waals surface area contributed by atoms with Gasteiger partial charge in [0, 0.05) is 31.7 Å². The summed E-state index contributed by atoms with van der Waals surface area (Å²) in [6, 6.07) is 9.53. The molecule has 20 heavy (non-hydrogen) atoms. The number of fused-ring (bicyclic) bond motifs is 1. The Kier molecular flexibility index (Phi) is 8.15. The number of rotatable bonds is 4. The van der Waals surface area contributed by atoms with E-state index in [9.17, 15) is 4.79 Å². The molecule has 1 aromatic heterocycles. The third kappa shape index (κ3) is 4.07. The molecule has 1 amide bonds. The molecule has 0 bridgehead atoms. The van der Waals surface area contributed by atoms with E-state index in [0.29, 0.717) is 12.1 Å². The minimum Gasteiger partial charge on any atom is -0.340 e. The average Bonchev–Trinajstić information content (AvgIpc) is 2.43. The van der Waals surface area contributed by atoms with Crippen molar-refractivity contribution < 1.29 is 4.79 Å². The Hall–Kier alpha value is -1.36. The number of likely N-dealkylation sites (N-methyl/N-ethyl adjacent to an activating group) is 2. The summed E-state index contributed by atoms with van der Waals surface area (Å²) >= 11 is 0. The summed E-state index contributed by atoms with van der Waals surface area (Å²) in [5.74, 6) is 0.00884. The fourth-order valence-electron chi connectivity index (χ4n) is 1.86. The molecule has 0 radical (unpaired) electrons. The van der Waals surface area contributed by atoms with E-state index < -0.39 is 0 Å². The molecule has 0 saturated heterocycles. The molecule has 4 nitrogen and oxygen atoms in total. The maximum Gasteiger partial charge on any atom is 0.255 e. The van der Waals surface area contributed by atoms with Gasteiger partial charge in [-0.05, 0) is 19.2 Å². The van der Waals surface area contributed by atoms with Crippen molar-refractivity contribution in [3.05, 3.63) is 42.1 Å². The van der Waals surface area contributed by atoms with Gasteiger partial charge in [-0.3, -0.25) is 9.78 Å². The number of hydrogen-bond donors (Lipinski definition) is 1. The predicted molar refractivity (Wildman–Crippen MR) is 87.1 cm³/mol. The number of pyridine rings is 1. The first-order chi connectivity index (χ1) is 8.74. The highest BCUT2D eigenvalue weighted by Crippen LogP contribution is 2.17. The largest absolute Gasteiger partial charge is 0.340 e. The van der Waals surface area contributed by atoms with Crippen LogP contribution in [-0.4, -0.2) is 43.0 Å². The molecule has 0 unspecified atom stereocenters. The SMILES string of the molecule is CNCCN(C)C(=O)c1cccc2cccnc12.Cl.Cl. The highest BCUT2D eigenvalue weighted by atomic mass is 35.5. The van der Waals surface area contributed by atoms with Gasteiger partial charge in [-0.1, -0.05) is 18.2 Å². The molecular formula is C14H19Cl2N3O. The van der Waals surface area contributed by atoms with Crippen molar-refractivity contribution in [1.82, 2.24) is 15.2 Å². The highest BCUT2D eigenvalue weighted by Gasteiger charge is 2.14. The number of carbonyl (C=O) groups excluding carboxylic acids is 1. The lowest BCUT2D eigenvalue weighted by Gasteiger charge is -2.17. The summed E-state index contributed by atoms with van der Waals surface area (Å²) in [5, 5.41) is 4.02. The van der Waals surface area contributed by atoms with E-state index in [-0.39, 0.29) is 30.7 Å². The first kappa shape index (κ1) is 18.6. The number of carbonyl (C=O) groups is 1. The average molecular weight is 316 g/mol. The van der Waals surface area contributed by atoms with Gasteiger partial charge < -0.3 is 10.2 Å². The van der Waals surface area contributed by atoms with Crippen molar-refractivity contribution in [2.24, 2.45) is 0 Å². The second-order valence-electron chi connectivity index (χ2n) is 4.21. The molecule has 1 N–H and O–H groups in total. The van der Waals surface area contributed by atoms with Gasteiger partial charge in [-0.15, -0.1) is 24.8 Å². The molecule has 2 aromatic rings. The van der Waals surface area contributed by atoms with Gasteiger partial charge in [0.25, 0.3) is 5.91 Å². The van der Waals surface area contributed by atoms with Crippen molar-refractivity contribution in [2.45, 2.75) is 0 Å². The lowest BCUT2D eigenvalue weighted by molar-refractivity contribution is 0.0798. The van der Waals surface area contributed by atoms with Crippen LogP contribution in [-0.2, 0) is 0 Å². The van der Waals surface area contributed by atoms with Crippen LogP contribution in [0.15, 0.2) is 36.5 Å². The second-order valence-corrected chi connectivity index (χ2v) is 4.21. The molecule has 0 fully saturated rings. The Balaban J connectivity index is 0.00000180. The lowest BCUT2D eigenvalue weighted by Crippen LogP contribution is -2.32. The van der Waals surface area contributed by atoms with Crippen LogP contribution in [0.4, 0.5) is 0 Å². The molecule has 2 rings (SSSR count). The third-order valence-corrected chi connectivity index (χ3v) is 2.91. The predicted octanol–water partition coefficient (Wildman–Crippen LogP) is 2.37. The molecule has 0 atom stereocenters. The fourth-order valence-corrected chi connectivity index (χ4v) is 1.86.